The Balaban J connectivity index is 1.39. The number of rotatable bonds is 6. The van der Waals surface area contributed by atoms with Crippen molar-refractivity contribution in [2.75, 3.05) is 6.54 Å². The number of hydrogen-bond donors (Lipinski definition) is 1. The molecule has 0 aliphatic rings. The first-order valence-corrected chi connectivity index (χ1v) is 9.80. The van der Waals surface area contributed by atoms with Crippen LogP contribution in [0.15, 0.2) is 67.3 Å². The Morgan fingerprint density at radius 3 is 2.40 bits per heavy atom. The molecule has 0 atom stereocenters. The molecule has 2 aromatic carbocycles. The van der Waals surface area contributed by atoms with Crippen LogP contribution in [-0.2, 0) is 6.42 Å². The monoisotopic (exact) mass is 418 g/mol. The van der Waals surface area contributed by atoms with Crippen LogP contribution in [0.5, 0.6) is 0 Å². The highest BCUT2D eigenvalue weighted by Crippen LogP contribution is 2.20. The van der Waals surface area contributed by atoms with Crippen molar-refractivity contribution in [1.29, 1.82) is 0 Å². The van der Waals surface area contributed by atoms with E-state index in [2.05, 4.69) is 25.5 Å². The molecule has 0 saturated heterocycles. The van der Waals surface area contributed by atoms with Gasteiger partial charge >= 0.3 is 0 Å². The number of nitrogens with one attached hydrogen (secondary N) is 1. The quantitative estimate of drug-likeness (QED) is 0.516. The summed E-state index contributed by atoms with van der Waals surface area (Å²) < 4.78 is 0. The molecule has 0 fully saturated rings. The largest absolute Gasteiger partial charge is 0.352 e. The molecule has 30 heavy (non-hydrogen) atoms. The fraction of sp³-hybridized carbons (Fsp3) is 0.136. The summed E-state index contributed by atoms with van der Waals surface area (Å²) in [5.74, 6) is 0.468. The van der Waals surface area contributed by atoms with Gasteiger partial charge in [-0.2, -0.15) is 15.0 Å². The predicted molar refractivity (Wildman–Crippen MR) is 115 cm³/mol. The zero-order chi connectivity index (χ0) is 20.9. The molecular formula is C22H19ClN6O. The predicted octanol–water partition coefficient (Wildman–Crippen LogP) is 3.66. The number of nitrogens with zero attached hydrogens (tertiary/aromatic N) is 5. The lowest BCUT2D eigenvalue weighted by Crippen LogP contribution is -2.27. The molecule has 2 aromatic heterocycles. The van der Waals surface area contributed by atoms with Crippen molar-refractivity contribution in [2.45, 2.75) is 13.3 Å². The summed E-state index contributed by atoms with van der Waals surface area (Å²) in [6.07, 6.45) is 7.22. The van der Waals surface area contributed by atoms with E-state index < -0.39 is 0 Å². The Hall–Kier alpha value is -3.58. The van der Waals surface area contributed by atoms with Crippen LogP contribution < -0.4 is 5.32 Å². The van der Waals surface area contributed by atoms with Gasteiger partial charge in [0.2, 0.25) is 0 Å². The van der Waals surface area contributed by atoms with Crippen LogP contribution in [0, 0.1) is 6.92 Å². The topological polar surface area (TPSA) is 85.6 Å². The van der Waals surface area contributed by atoms with Gasteiger partial charge in [-0.1, -0.05) is 35.4 Å². The van der Waals surface area contributed by atoms with Gasteiger partial charge in [-0.25, -0.2) is 9.97 Å². The molecule has 0 bridgehead atoms. The van der Waals surface area contributed by atoms with Crippen molar-refractivity contribution in [3.05, 3.63) is 89.2 Å². The minimum atomic E-state index is -0.191. The maximum Gasteiger partial charge on any atom is 0.253 e. The number of aryl methyl sites for hydroxylation is 1. The smallest absolute Gasteiger partial charge is 0.253 e. The van der Waals surface area contributed by atoms with E-state index in [0.717, 1.165) is 16.7 Å². The van der Waals surface area contributed by atoms with Crippen LogP contribution in [0.1, 0.15) is 21.7 Å². The number of carbonyl (C=O) groups is 1. The molecule has 0 saturated carbocycles. The standard InChI is InChI=1S/C22H19ClN6O/c1-15-2-7-20(29-27-10-11-28-29)19(12-15)22(30)24-9-8-21-25-13-17(14-26-21)16-3-5-18(23)6-4-16/h2-7,10-14H,8-9H2,1H3,(H,24,30). The van der Waals surface area contributed by atoms with Crippen LogP contribution in [0.2, 0.25) is 5.02 Å². The van der Waals surface area contributed by atoms with E-state index >= 15 is 0 Å². The number of halogens is 1. The average Bonchev–Trinajstić information content (AvgIpc) is 3.29. The van der Waals surface area contributed by atoms with Gasteiger partial charge in [0.1, 0.15) is 5.82 Å². The van der Waals surface area contributed by atoms with Gasteiger partial charge in [0.05, 0.1) is 23.6 Å². The lowest BCUT2D eigenvalue weighted by Gasteiger charge is -2.10. The van der Waals surface area contributed by atoms with E-state index in [4.69, 9.17) is 11.6 Å². The average molecular weight is 419 g/mol. The summed E-state index contributed by atoms with van der Waals surface area (Å²) in [5, 5.41) is 11.9. The van der Waals surface area contributed by atoms with Crippen molar-refractivity contribution >= 4 is 17.5 Å². The van der Waals surface area contributed by atoms with Crippen molar-refractivity contribution < 1.29 is 4.79 Å². The first-order valence-electron chi connectivity index (χ1n) is 9.42. The fourth-order valence-corrected chi connectivity index (χ4v) is 3.13. The molecule has 7 nitrogen and oxygen atoms in total. The van der Waals surface area contributed by atoms with E-state index in [1.165, 1.54) is 4.80 Å². The highest BCUT2D eigenvalue weighted by molar-refractivity contribution is 6.30. The number of hydrogen-bond acceptors (Lipinski definition) is 5. The van der Waals surface area contributed by atoms with Crippen molar-refractivity contribution in [3.63, 3.8) is 0 Å². The lowest BCUT2D eigenvalue weighted by molar-refractivity contribution is 0.0953. The maximum atomic E-state index is 12.7. The summed E-state index contributed by atoms with van der Waals surface area (Å²) in [6, 6.07) is 13.1. The first kappa shape index (κ1) is 19.7. The Morgan fingerprint density at radius 2 is 1.70 bits per heavy atom. The van der Waals surface area contributed by atoms with E-state index in [-0.39, 0.29) is 5.91 Å². The molecule has 0 spiro atoms. The Morgan fingerprint density at radius 1 is 1.00 bits per heavy atom. The Labute approximate surface area is 178 Å². The van der Waals surface area contributed by atoms with Gasteiger partial charge in [-0.3, -0.25) is 4.79 Å². The van der Waals surface area contributed by atoms with E-state index in [1.54, 1.807) is 24.8 Å². The molecule has 0 unspecified atom stereocenters. The summed E-state index contributed by atoms with van der Waals surface area (Å²) >= 11 is 5.92. The highest BCUT2D eigenvalue weighted by atomic mass is 35.5. The van der Waals surface area contributed by atoms with Gasteiger partial charge in [0.15, 0.2) is 0 Å². The molecule has 150 valence electrons. The van der Waals surface area contributed by atoms with Crippen molar-refractivity contribution in [2.24, 2.45) is 0 Å². The minimum Gasteiger partial charge on any atom is -0.352 e. The maximum absolute atomic E-state index is 12.7. The molecule has 1 N–H and O–H groups in total. The number of amides is 1. The lowest BCUT2D eigenvalue weighted by atomic mass is 10.1. The molecule has 2 heterocycles. The number of aromatic nitrogens is 5. The van der Waals surface area contributed by atoms with Crippen LogP contribution >= 0.6 is 11.6 Å². The normalized spacial score (nSPS) is 10.7. The first-order chi connectivity index (χ1) is 14.6. The van der Waals surface area contributed by atoms with Crippen molar-refractivity contribution in [3.8, 4) is 16.8 Å². The second kappa shape index (κ2) is 8.84. The third kappa shape index (κ3) is 4.52. The zero-order valence-corrected chi connectivity index (χ0v) is 17.0. The third-order valence-electron chi connectivity index (χ3n) is 4.55. The van der Waals surface area contributed by atoms with Crippen LogP contribution in [-0.4, -0.2) is 37.4 Å². The van der Waals surface area contributed by atoms with Crippen LogP contribution in [0.3, 0.4) is 0 Å². The van der Waals surface area contributed by atoms with Gasteiger partial charge in [0, 0.05) is 35.9 Å². The molecule has 0 radical (unpaired) electrons. The summed E-state index contributed by atoms with van der Waals surface area (Å²) in [4.78, 5) is 23.0. The summed E-state index contributed by atoms with van der Waals surface area (Å²) in [5.41, 5.74) is 4.04. The Bertz CT molecular complexity index is 1140. The summed E-state index contributed by atoms with van der Waals surface area (Å²) in [7, 11) is 0. The van der Waals surface area contributed by atoms with Gasteiger partial charge in [-0.05, 0) is 36.8 Å². The fourth-order valence-electron chi connectivity index (χ4n) is 3.00. The zero-order valence-electron chi connectivity index (χ0n) is 16.3. The van der Waals surface area contributed by atoms with E-state index in [9.17, 15) is 4.79 Å². The SMILES string of the molecule is Cc1ccc(-n2nccn2)c(C(=O)NCCc2ncc(-c3ccc(Cl)cc3)cn2)c1. The summed E-state index contributed by atoms with van der Waals surface area (Å²) in [6.45, 7) is 2.35. The molecule has 4 aromatic rings. The van der Waals surface area contributed by atoms with Crippen molar-refractivity contribution in [1.82, 2.24) is 30.3 Å². The second-order valence-corrected chi connectivity index (χ2v) is 7.18. The molecule has 1 amide bonds. The van der Waals surface area contributed by atoms with Gasteiger partial charge < -0.3 is 5.32 Å². The molecule has 0 aliphatic heterocycles. The molecule has 4 rings (SSSR count). The van der Waals surface area contributed by atoms with Gasteiger partial charge in [-0.15, -0.1) is 0 Å². The molecule has 8 heteroatoms. The highest BCUT2D eigenvalue weighted by Gasteiger charge is 2.14. The Kier molecular flexibility index (Phi) is 5.81. The molecular weight excluding hydrogens is 400 g/mol. The third-order valence-corrected chi connectivity index (χ3v) is 4.80. The minimum absolute atomic E-state index is 0.191. The molecule has 0 aliphatic carbocycles. The van der Waals surface area contributed by atoms with Crippen LogP contribution in [0.4, 0.5) is 0 Å². The number of benzene rings is 2. The van der Waals surface area contributed by atoms with Crippen LogP contribution in [0.25, 0.3) is 16.8 Å². The number of carbonyl (C=O) groups excluding carboxylic acids is 1. The van der Waals surface area contributed by atoms with E-state index in [0.29, 0.717) is 35.1 Å². The van der Waals surface area contributed by atoms with E-state index in [1.807, 2.05) is 49.4 Å². The van der Waals surface area contributed by atoms with Gasteiger partial charge in [0.25, 0.3) is 5.91 Å². The second-order valence-electron chi connectivity index (χ2n) is 6.74.